The molecule has 21 heavy (non-hydrogen) atoms. The molecule has 8 heteroatoms. The number of thiazole rings is 1. The number of aryl methyl sites for hydroxylation is 1. The van der Waals surface area contributed by atoms with Crippen LogP contribution in [-0.2, 0) is 13.0 Å². The van der Waals surface area contributed by atoms with E-state index in [1.165, 1.54) is 9.75 Å². The van der Waals surface area contributed by atoms with Crippen LogP contribution >= 0.6 is 62.6 Å². The van der Waals surface area contributed by atoms with E-state index in [2.05, 4.69) is 55.6 Å². The van der Waals surface area contributed by atoms with Crippen LogP contribution in [0.2, 0.25) is 0 Å². The number of nitrogens with one attached hydrogen (secondary N) is 2. The molecule has 2 N–H and O–H groups in total. The number of halogens is 2. The van der Waals surface area contributed by atoms with Crippen LogP contribution in [0.5, 0.6) is 0 Å². The maximum atomic E-state index is 4.35. The largest absolute Gasteiger partial charge is 0.356 e. The normalized spacial score (nSPS) is 11.1. The van der Waals surface area contributed by atoms with Crippen molar-refractivity contribution in [1.82, 2.24) is 15.6 Å². The second kappa shape index (κ2) is 9.75. The molecule has 116 valence electrons. The van der Waals surface area contributed by atoms with Gasteiger partial charge in [-0.05, 0) is 35.0 Å². The molecule has 4 nitrogen and oxygen atoms in total. The average molecular weight is 501 g/mol. The fraction of sp³-hybridized carbons (Fsp3) is 0.385. The number of guanidine groups is 1. The number of thiophene rings is 1. The number of hydrogen-bond donors (Lipinski definition) is 2. The van der Waals surface area contributed by atoms with Gasteiger partial charge in [0.1, 0.15) is 0 Å². The summed E-state index contributed by atoms with van der Waals surface area (Å²) in [5, 5.41) is 7.76. The average Bonchev–Trinajstić information content (AvgIpc) is 3.02. The van der Waals surface area contributed by atoms with Crippen LogP contribution in [0.1, 0.15) is 14.8 Å². The Hall–Kier alpha value is -0.190. The van der Waals surface area contributed by atoms with E-state index in [4.69, 9.17) is 0 Å². The Morgan fingerprint density at radius 1 is 1.33 bits per heavy atom. The first kappa shape index (κ1) is 18.9. The van der Waals surface area contributed by atoms with E-state index in [1.54, 1.807) is 29.7 Å². The van der Waals surface area contributed by atoms with Crippen molar-refractivity contribution in [1.29, 1.82) is 0 Å². The van der Waals surface area contributed by atoms with Crippen LogP contribution in [0.15, 0.2) is 27.1 Å². The Bertz CT molecular complexity index is 582. The molecule has 0 unspecified atom stereocenters. The van der Waals surface area contributed by atoms with Gasteiger partial charge in [0.2, 0.25) is 0 Å². The quantitative estimate of drug-likeness (QED) is 0.373. The zero-order chi connectivity index (χ0) is 14.4. The first-order valence-corrected chi connectivity index (χ1v) is 8.70. The van der Waals surface area contributed by atoms with E-state index in [-0.39, 0.29) is 24.0 Å². The van der Waals surface area contributed by atoms with Crippen molar-refractivity contribution in [2.45, 2.75) is 19.9 Å². The van der Waals surface area contributed by atoms with Crippen molar-refractivity contribution >= 4 is 68.5 Å². The summed E-state index contributed by atoms with van der Waals surface area (Å²) in [6.07, 6.45) is 2.84. The fourth-order valence-electron chi connectivity index (χ4n) is 1.64. The molecule has 0 aromatic carbocycles. The molecular weight excluding hydrogens is 483 g/mol. The van der Waals surface area contributed by atoms with Gasteiger partial charge in [0.25, 0.3) is 0 Å². The van der Waals surface area contributed by atoms with Gasteiger partial charge in [-0.25, -0.2) is 4.98 Å². The molecule has 0 spiro atoms. The van der Waals surface area contributed by atoms with E-state index in [9.17, 15) is 0 Å². The van der Waals surface area contributed by atoms with Gasteiger partial charge >= 0.3 is 0 Å². The summed E-state index contributed by atoms with van der Waals surface area (Å²) in [6, 6.07) is 4.16. The van der Waals surface area contributed by atoms with Crippen LogP contribution in [0, 0.1) is 6.92 Å². The van der Waals surface area contributed by atoms with Crippen molar-refractivity contribution in [2.24, 2.45) is 4.99 Å². The third-order valence-electron chi connectivity index (χ3n) is 2.58. The van der Waals surface area contributed by atoms with Crippen LogP contribution in [0.3, 0.4) is 0 Å². The molecule has 0 bridgehead atoms. The zero-order valence-corrected chi connectivity index (χ0v) is 17.4. The number of aromatic nitrogens is 1. The lowest BCUT2D eigenvalue weighted by Crippen LogP contribution is -2.37. The summed E-state index contributed by atoms with van der Waals surface area (Å²) in [6.45, 7) is 3.70. The molecule has 2 aromatic heterocycles. The molecule has 2 rings (SSSR count). The van der Waals surface area contributed by atoms with Gasteiger partial charge < -0.3 is 10.6 Å². The standard InChI is InChI=1S/C13H17BrN4S2.HI/c1-9-7-17-12(19-9)5-6-16-13(15-2)18-8-10-3-4-11(14)20-10;/h3-4,7H,5-6,8H2,1-2H3,(H2,15,16,18);1H. The van der Waals surface area contributed by atoms with Gasteiger partial charge in [-0.3, -0.25) is 4.99 Å². The van der Waals surface area contributed by atoms with Gasteiger partial charge in [0.15, 0.2) is 5.96 Å². The third-order valence-corrected chi connectivity index (χ3v) is 5.18. The lowest BCUT2D eigenvalue weighted by Gasteiger charge is -2.10. The first-order valence-electron chi connectivity index (χ1n) is 6.27. The Balaban J connectivity index is 0.00000220. The van der Waals surface area contributed by atoms with Crippen LogP contribution in [0.25, 0.3) is 0 Å². The van der Waals surface area contributed by atoms with E-state index in [1.807, 2.05) is 6.20 Å². The van der Waals surface area contributed by atoms with Crippen LogP contribution < -0.4 is 10.6 Å². The van der Waals surface area contributed by atoms with E-state index >= 15 is 0 Å². The smallest absolute Gasteiger partial charge is 0.191 e. The number of aliphatic imine (C=N–C) groups is 1. The third kappa shape index (κ3) is 6.62. The summed E-state index contributed by atoms with van der Waals surface area (Å²) in [7, 11) is 1.78. The highest BCUT2D eigenvalue weighted by molar-refractivity contribution is 14.0. The van der Waals surface area contributed by atoms with E-state index in [0.717, 1.165) is 34.3 Å². The van der Waals surface area contributed by atoms with Gasteiger partial charge in [0, 0.05) is 36.0 Å². The summed E-state index contributed by atoms with van der Waals surface area (Å²) in [5.41, 5.74) is 0. The predicted molar refractivity (Wildman–Crippen MR) is 106 cm³/mol. The minimum atomic E-state index is 0. The molecule has 2 aromatic rings. The van der Waals surface area contributed by atoms with Gasteiger partial charge in [0.05, 0.1) is 15.3 Å². The van der Waals surface area contributed by atoms with Gasteiger partial charge in [-0.15, -0.1) is 46.7 Å². The fourth-order valence-corrected chi connectivity index (χ4v) is 3.85. The summed E-state index contributed by atoms with van der Waals surface area (Å²) >= 11 is 6.94. The van der Waals surface area contributed by atoms with Gasteiger partial charge in [-0.2, -0.15) is 0 Å². The second-order valence-corrected chi connectivity index (χ2v) is 8.04. The van der Waals surface area contributed by atoms with Crippen molar-refractivity contribution < 1.29 is 0 Å². The molecule has 0 saturated carbocycles. The minimum absolute atomic E-state index is 0. The maximum absolute atomic E-state index is 4.35. The number of hydrogen-bond acceptors (Lipinski definition) is 4. The Morgan fingerprint density at radius 3 is 2.71 bits per heavy atom. The lowest BCUT2D eigenvalue weighted by atomic mass is 10.4. The second-order valence-electron chi connectivity index (χ2n) is 4.17. The topological polar surface area (TPSA) is 49.3 Å². The summed E-state index contributed by atoms with van der Waals surface area (Å²) < 4.78 is 1.15. The first-order chi connectivity index (χ1) is 9.67. The maximum Gasteiger partial charge on any atom is 0.191 e. The molecule has 0 aliphatic carbocycles. The summed E-state index contributed by atoms with van der Waals surface area (Å²) in [5.74, 6) is 0.822. The summed E-state index contributed by atoms with van der Waals surface area (Å²) in [4.78, 5) is 11.1. The molecule has 2 heterocycles. The van der Waals surface area contributed by atoms with E-state index in [0.29, 0.717) is 0 Å². The predicted octanol–water partition coefficient (Wildman–Crippen LogP) is 3.80. The van der Waals surface area contributed by atoms with Crippen LogP contribution in [0.4, 0.5) is 0 Å². The highest BCUT2D eigenvalue weighted by Crippen LogP contribution is 2.21. The Morgan fingerprint density at radius 2 is 2.14 bits per heavy atom. The molecule has 0 radical (unpaired) electrons. The zero-order valence-electron chi connectivity index (χ0n) is 11.9. The highest BCUT2D eigenvalue weighted by atomic mass is 127. The van der Waals surface area contributed by atoms with Crippen LogP contribution in [-0.4, -0.2) is 24.5 Å². The van der Waals surface area contributed by atoms with E-state index < -0.39 is 0 Å². The lowest BCUT2D eigenvalue weighted by molar-refractivity contribution is 0.796. The van der Waals surface area contributed by atoms with Crippen molar-refractivity contribution in [2.75, 3.05) is 13.6 Å². The molecular formula is C13H18BrIN4S2. The Kier molecular flexibility index (Phi) is 8.76. The molecule has 0 amide bonds. The molecule has 0 aliphatic rings. The highest BCUT2D eigenvalue weighted by Gasteiger charge is 2.02. The van der Waals surface area contributed by atoms with Crippen molar-refractivity contribution in [3.8, 4) is 0 Å². The van der Waals surface area contributed by atoms with Gasteiger partial charge in [-0.1, -0.05) is 0 Å². The monoisotopic (exact) mass is 500 g/mol. The Labute approximate surface area is 158 Å². The van der Waals surface area contributed by atoms with Crippen molar-refractivity contribution in [3.05, 3.63) is 36.9 Å². The molecule has 0 aliphatic heterocycles. The number of rotatable bonds is 5. The number of nitrogens with zero attached hydrogens (tertiary/aromatic N) is 2. The SMILES string of the molecule is CN=C(NCCc1ncc(C)s1)NCc1ccc(Br)s1.I. The van der Waals surface area contributed by atoms with Crippen molar-refractivity contribution in [3.63, 3.8) is 0 Å². The molecule has 0 fully saturated rings. The molecule has 0 saturated heterocycles. The molecule has 0 atom stereocenters. The minimum Gasteiger partial charge on any atom is -0.356 e.